The van der Waals surface area contributed by atoms with Crippen LogP contribution in [-0.4, -0.2) is 29.9 Å². The Kier molecular flexibility index (Phi) is 5.36. The Morgan fingerprint density at radius 2 is 2.00 bits per heavy atom. The van der Waals surface area contributed by atoms with Crippen LogP contribution >= 0.6 is 0 Å². The fourth-order valence-electron chi connectivity index (χ4n) is 2.27. The Labute approximate surface area is 121 Å². The molecule has 1 aliphatic rings. The van der Waals surface area contributed by atoms with Crippen LogP contribution in [0.25, 0.3) is 0 Å². The first-order chi connectivity index (χ1) is 9.74. The van der Waals surface area contributed by atoms with Gasteiger partial charge in [-0.05, 0) is 30.4 Å². The average Bonchev–Trinajstić information content (AvgIpc) is 3.30. The van der Waals surface area contributed by atoms with E-state index in [2.05, 4.69) is 43.1 Å². The van der Waals surface area contributed by atoms with E-state index in [9.17, 15) is 4.79 Å². The predicted molar refractivity (Wildman–Crippen MR) is 82.5 cm³/mol. The van der Waals surface area contributed by atoms with Gasteiger partial charge >= 0.3 is 0 Å². The first-order valence-corrected chi connectivity index (χ1v) is 7.43. The number of aryl methyl sites for hydroxylation is 1. The third kappa shape index (κ3) is 4.20. The maximum atomic E-state index is 12.3. The monoisotopic (exact) mass is 272 g/mol. The SMILES string of the molecule is C=CCNCC(=O)N(Cc1ccc(CC)cc1)C1CC1. The van der Waals surface area contributed by atoms with E-state index < -0.39 is 0 Å². The second-order valence-corrected chi connectivity index (χ2v) is 5.34. The van der Waals surface area contributed by atoms with Gasteiger partial charge in [0.05, 0.1) is 6.54 Å². The summed E-state index contributed by atoms with van der Waals surface area (Å²) in [7, 11) is 0. The number of carbonyl (C=O) groups excluding carboxylic acids is 1. The van der Waals surface area contributed by atoms with Crippen LogP contribution in [0.4, 0.5) is 0 Å². The molecule has 3 nitrogen and oxygen atoms in total. The minimum absolute atomic E-state index is 0.189. The van der Waals surface area contributed by atoms with Crippen LogP contribution in [0.2, 0.25) is 0 Å². The van der Waals surface area contributed by atoms with E-state index in [0.717, 1.165) is 25.8 Å². The molecule has 1 amide bonds. The summed E-state index contributed by atoms with van der Waals surface area (Å²) in [5.41, 5.74) is 2.55. The Bertz CT molecular complexity index is 449. The van der Waals surface area contributed by atoms with Crippen LogP contribution in [0, 0.1) is 0 Å². The second-order valence-electron chi connectivity index (χ2n) is 5.34. The molecule has 2 rings (SSSR count). The highest BCUT2D eigenvalue weighted by molar-refractivity contribution is 5.79. The van der Waals surface area contributed by atoms with Crippen molar-refractivity contribution >= 4 is 5.91 Å². The molecular weight excluding hydrogens is 248 g/mol. The summed E-state index contributed by atoms with van der Waals surface area (Å²) in [6, 6.07) is 9.03. The number of nitrogens with one attached hydrogen (secondary N) is 1. The van der Waals surface area contributed by atoms with Gasteiger partial charge in [0.2, 0.25) is 5.91 Å². The van der Waals surface area contributed by atoms with Crippen molar-refractivity contribution in [3.8, 4) is 0 Å². The van der Waals surface area contributed by atoms with E-state index in [-0.39, 0.29) is 5.91 Å². The lowest BCUT2D eigenvalue weighted by Gasteiger charge is -2.23. The molecule has 0 aromatic heterocycles. The number of hydrogen-bond acceptors (Lipinski definition) is 2. The van der Waals surface area contributed by atoms with Gasteiger partial charge in [0, 0.05) is 19.1 Å². The zero-order valence-corrected chi connectivity index (χ0v) is 12.3. The molecule has 0 spiro atoms. The quantitative estimate of drug-likeness (QED) is 0.582. The molecule has 1 saturated carbocycles. The Hall–Kier alpha value is -1.61. The summed E-state index contributed by atoms with van der Waals surface area (Å²) in [5.74, 6) is 0.189. The van der Waals surface area contributed by atoms with Crippen molar-refractivity contribution in [3.63, 3.8) is 0 Å². The van der Waals surface area contributed by atoms with Crippen molar-refractivity contribution in [2.45, 2.75) is 38.8 Å². The zero-order chi connectivity index (χ0) is 14.4. The molecule has 0 bridgehead atoms. The number of carbonyl (C=O) groups is 1. The maximum Gasteiger partial charge on any atom is 0.237 e. The van der Waals surface area contributed by atoms with Crippen LogP contribution < -0.4 is 5.32 Å². The lowest BCUT2D eigenvalue weighted by Crippen LogP contribution is -2.39. The van der Waals surface area contributed by atoms with Gasteiger partial charge in [0.25, 0.3) is 0 Å². The molecule has 0 heterocycles. The molecule has 1 aliphatic carbocycles. The highest BCUT2D eigenvalue weighted by Gasteiger charge is 2.32. The van der Waals surface area contributed by atoms with Gasteiger partial charge in [0.15, 0.2) is 0 Å². The van der Waals surface area contributed by atoms with E-state index in [4.69, 9.17) is 0 Å². The van der Waals surface area contributed by atoms with Gasteiger partial charge in [-0.25, -0.2) is 0 Å². The summed E-state index contributed by atoms with van der Waals surface area (Å²) in [5, 5.41) is 3.09. The lowest BCUT2D eigenvalue weighted by atomic mass is 10.1. The molecule has 1 aromatic rings. The molecule has 0 atom stereocenters. The zero-order valence-electron chi connectivity index (χ0n) is 12.3. The van der Waals surface area contributed by atoms with Crippen molar-refractivity contribution < 1.29 is 4.79 Å². The first kappa shape index (κ1) is 14.8. The highest BCUT2D eigenvalue weighted by Crippen LogP contribution is 2.28. The number of rotatable bonds is 8. The second kappa shape index (κ2) is 7.25. The number of nitrogens with zero attached hydrogens (tertiary/aromatic N) is 1. The summed E-state index contributed by atoms with van der Waals surface area (Å²) < 4.78 is 0. The minimum Gasteiger partial charge on any atom is -0.334 e. The van der Waals surface area contributed by atoms with Crippen LogP contribution in [0.3, 0.4) is 0 Å². The Morgan fingerprint density at radius 1 is 1.35 bits per heavy atom. The Morgan fingerprint density at radius 3 is 2.55 bits per heavy atom. The van der Waals surface area contributed by atoms with Crippen molar-refractivity contribution in [2.75, 3.05) is 13.1 Å². The number of amides is 1. The van der Waals surface area contributed by atoms with Crippen molar-refractivity contribution in [2.24, 2.45) is 0 Å². The van der Waals surface area contributed by atoms with Crippen LogP contribution in [0.15, 0.2) is 36.9 Å². The average molecular weight is 272 g/mol. The largest absolute Gasteiger partial charge is 0.334 e. The molecule has 108 valence electrons. The minimum atomic E-state index is 0.189. The van der Waals surface area contributed by atoms with E-state index in [1.165, 1.54) is 11.1 Å². The molecule has 3 heteroatoms. The predicted octanol–water partition coefficient (Wildman–Crippen LogP) is 2.52. The van der Waals surface area contributed by atoms with Crippen LogP contribution in [-0.2, 0) is 17.8 Å². The molecule has 1 fully saturated rings. The molecule has 20 heavy (non-hydrogen) atoms. The van der Waals surface area contributed by atoms with Gasteiger partial charge in [-0.1, -0.05) is 37.3 Å². The topological polar surface area (TPSA) is 32.3 Å². The van der Waals surface area contributed by atoms with E-state index in [1.54, 1.807) is 6.08 Å². The van der Waals surface area contributed by atoms with E-state index >= 15 is 0 Å². The van der Waals surface area contributed by atoms with Gasteiger partial charge < -0.3 is 10.2 Å². The van der Waals surface area contributed by atoms with Crippen LogP contribution in [0.1, 0.15) is 30.9 Å². The molecule has 1 aromatic carbocycles. The van der Waals surface area contributed by atoms with Gasteiger partial charge in [-0.15, -0.1) is 6.58 Å². The smallest absolute Gasteiger partial charge is 0.237 e. The van der Waals surface area contributed by atoms with Crippen molar-refractivity contribution in [1.82, 2.24) is 10.2 Å². The summed E-state index contributed by atoms with van der Waals surface area (Å²) >= 11 is 0. The molecular formula is C17H24N2O. The Balaban J connectivity index is 1.94. The molecule has 0 unspecified atom stereocenters. The van der Waals surface area contributed by atoms with Gasteiger partial charge in [0.1, 0.15) is 0 Å². The molecule has 1 N–H and O–H groups in total. The summed E-state index contributed by atoms with van der Waals surface area (Å²) in [4.78, 5) is 14.3. The standard InChI is InChI=1S/C17H24N2O/c1-3-11-18-12-17(20)19(16-9-10-16)13-15-7-5-14(4-2)6-8-15/h3,5-8,16,18H,1,4,9-13H2,2H3. The molecule has 0 saturated heterocycles. The number of benzene rings is 1. The van der Waals surface area contributed by atoms with Crippen LogP contribution in [0.5, 0.6) is 0 Å². The summed E-state index contributed by atoms with van der Waals surface area (Å²) in [6.45, 7) is 7.60. The fraction of sp³-hybridized carbons (Fsp3) is 0.471. The third-order valence-corrected chi connectivity index (χ3v) is 3.66. The third-order valence-electron chi connectivity index (χ3n) is 3.66. The number of hydrogen-bond donors (Lipinski definition) is 1. The maximum absolute atomic E-state index is 12.3. The van der Waals surface area contributed by atoms with Crippen molar-refractivity contribution in [3.05, 3.63) is 48.0 Å². The highest BCUT2D eigenvalue weighted by atomic mass is 16.2. The van der Waals surface area contributed by atoms with E-state index in [0.29, 0.717) is 19.1 Å². The normalized spacial score (nSPS) is 14.1. The van der Waals surface area contributed by atoms with Gasteiger partial charge in [-0.3, -0.25) is 4.79 Å². The fourth-order valence-corrected chi connectivity index (χ4v) is 2.27. The molecule has 0 radical (unpaired) electrons. The van der Waals surface area contributed by atoms with Gasteiger partial charge in [-0.2, -0.15) is 0 Å². The summed E-state index contributed by atoms with van der Waals surface area (Å²) in [6.07, 6.45) is 5.11. The van der Waals surface area contributed by atoms with Crippen molar-refractivity contribution in [1.29, 1.82) is 0 Å². The molecule has 0 aliphatic heterocycles. The lowest BCUT2D eigenvalue weighted by molar-refractivity contribution is -0.131. The van der Waals surface area contributed by atoms with E-state index in [1.807, 2.05) is 4.90 Å². The first-order valence-electron chi connectivity index (χ1n) is 7.43.